The van der Waals surface area contributed by atoms with E-state index in [1.807, 2.05) is 30.3 Å². The molecule has 23 heavy (non-hydrogen) atoms. The molecule has 0 aliphatic carbocycles. The second-order valence-electron chi connectivity index (χ2n) is 4.92. The third-order valence-electron chi connectivity index (χ3n) is 3.16. The number of ether oxygens (including phenoxy) is 1. The molecule has 0 bridgehead atoms. The maximum absolute atomic E-state index is 13.5. The van der Waals surface area contributed by atoms with E-state index >= 15 is 0 Å². The van der Waals surface area contributed by atoms with Gasteiger partial charge in [0, 0.05) is 17.8 Å². The van der Waals surface area contributed by atoms with Gasteiger partial charge >= 0.3 is 6.09 Å². The molecule has 3 N–H and O–H groups in total. The van der Waals surface area contributed by atoms with Crippen molar-refractivity contribution in [2.24, 2.45) is 0 Å². The number of hydrogen-bond donors (Lipinski definition) is 2. The highest BCUT2D eigenvalue weighted by Gasteiger charge is 2.02. The van der Waals surface area contributed by atoms with Crippen LogP contribution in [0, 0.1) is 5.82 Å². The average molecular weight is 314 g/mol. The number of halogens is 1. The second-order valence-corrected chi connectivity index (χ2v) is 4.92. The van der Waals surface area contributed by atoms with E-state index in [1.54, 1.807) is 24.3 Å². The first kappa shape index (κ1) is 16.5. The van der Waals surface area contributed by atoms with E-state index in [9.17, 15) is 9.18 Å². The van der Waals surface area contributed by atoms with E-state index in [1.165, 1.54) is 6.07 Å². The highest BCUT2D eigenvalue weighted by Crippen LogP contribution is 2.17. The highest BCUT2D eigenvalue weighted by atomic mass is 19.1. The molecule has 0 fully saturated rings. The van der Waals surface area contributed by atoms with Gasteiger partial charge in [-0.25, -0.2) is 9.18 Å². The fourth-order valence-corrected chi connectivity index (χ4v) is 1.96. The molecule has 0 heterocycles. The first-order valence-electron chi connectivity index (χ1n) is 7.32. The third-order valence-corrected chi connectivity index (χ3v) is 3.16. The number of nitrogens with two attached hydrogens (primary N) is 1. The van der Waals surface area contributed by atoms with Crippen LogP contribution >= 0.6 is 0 Å². The summed E-state index contributed by atoms with van der Waals surface area (Å²) in [5, 5.41) is 2.63. The van der Waals surface area contributed by atoms with Crippen molar-refractivity contribution in [3.05, 3.63) is 71.6 Å². The summed E-state index contributed by atoms with van der Waals surface area (Å²) in [4.78, 5) is 11.5. The van der Waals surface area contributed by atoms with Gasteiger partial charge in [-0.2, -0.15) is 0 Å². The molecule has 120 valence electrons. The maximum atomic E-state index is 13.5. The van der Waals surface area contributed by atoms with Crippen LogP contribution in [0.15, 0.2) is 54.6 Å². The molecule has 2 aromatic carbocycles. The molecular weight excluding hydrogens is 295 g/mol. The second kappa shape index (κ2) is 8.58. The summed E-state index contributed by atoms with van der Waals surface area (Å²) in [6.07, 6.45) is 3.44. The van der Waals surface area contributed by atoms with Crippen molar-refractivity contribution in [1.82, 2.24) is 5.32 Å². The molecule has 1 amide bonds. The largest absolute Gasteiger partial charge is 0.445 e. The van der Waals surface area contributed by atoms with Gasteiger partial charge in [0.1, 0.15) is 12.4 Å². The zero-order valence-electron chi connectivity index (χ0n) is 12.7. The molecule has 0 atom stereocenters. The minimum Gasteiger partial charge on any atom is -0.445 e. The van der Waals surface area contributed by atoms with Gasteiger partial charge in [0.05, 0.1) is 0 Å². The summed E-state index contributed by atoms with van der Waals surface area (Å²) in [5.74, 6) is -0.364. The van der Waals surface area contributed by atoms with E-state index in [2.05, 4.69) is 5.32 Å². The lowest BCUT2D eigenvalue weighted by molar-refractivity contribution is 0.140. The van der Waals surface area contributed by atoms with Crippen LogP contribution in [-0.2, 0) is 11.3 Å². The number of carbonyl (C=O) groups excluding carboxylic acids is 1. The Kier molecular flexibility index (Phi) is 6.17. The van der Waals surface area contributed by atoms with Crippen molar-refractivity contribution in [2.45, 2.75) is 13.0 Å². The number of hydrogen-bond acceptors (Lipinski definition) is 3. The normalized spacial score (nSPS) is 10.7. The van der Waals surface area contributed by atoms with Gasteiger partial charge < -0.3 is 15.8 Å². The third kappa shape index (κ3) is 5.47. The fraction of sp³-hybridized carbons (Fsp3) is 0.167. The molecule has 2 aromatic rings. The topological polar surface area (TPSA) is 64.3 Å². The first-order chi connectivity index (χ1) is 11.2. The molecule has 2 rings (SSSR count). The molecule has 0 radical (unpaired) electrons. The van der Waals surface area contributed by atoms with Crippen molar-refractivity contribution in [2.75, 3.05) is 12.3 Å². The van der Waals surface area contributed by atoms with Crippen molar-refractivity contribution in [1.29, 1.82) is 0 Å². The lowest BCUT2D eigenvalue weighted by Crippen LogP contribution is -2.24. The number of carbonyl (C=O) groups is 1. The van der Waals surface area contributed by atoms with Crippen LogP contribution in [0.1, 0.15) is 17.5 Å². The zero-order valence-corrected chi connectivity index (χ0v) is 12.7. The predicted molar refractivity (Wildman–Crippen MR) is 89.1 cm³/mol. The van der Waals surface area contributed by atoms with Crippen LogP contribution in [0.4, 0.5) is 14.9 Å². The molecular formula is C18H19FN2O2. The Morgan fingerprint density at radius 1 is 1.17 bits per heavy atom. The monoisotopic (exact) mass is 314 g/mol. The number of amides is 1. The van der Waals surface area contributed by atoms with E-state index in [0.29, 0.717) is 24.2 Å². The van der Waals surface area contributed by atoms with Crippen LogP contribution in [0.5, 0.6) is 0 Å². The minimum atomic E-state index is -0.479. The Morgan fingerprint density at radius 3 is 2.70 bits per heavy atom. The van der Waals surface area contributed by atoms with Gasteiger partial charge in [0.25, 0.3) is 0 Å². The fourth-order valence-electron chi connectivity index (χ4n) is 1.96. The summed E-state index contributed by atoms with van der Waals surface area (Å²) in [5.41, 5.74) is 7.37. The molecule has 0 saturated carbocycles. The van der Waals surface area contributed by atoms with Crippen molar-refractivity contribution in [3.63, 3.8) is 0 Å². The maximum Gasteiger partial charge on any atom is 0.407 e. The van der Waals surface area contributed by atoms with E-state index < -0.39 is 6.09 Å². The lowest BCUT2D eigenvalue weighted by Gasteiger charge is -2.06. The lowest BCUT2D eigenvalue weighted by atomic mass is 10.1. The van der Waals surface area contributed by atoms with Crippen LogP contribution in [0.3, 0.4) is 0 Å². The summed E-state index contributed by atoms with van der Waals surface area (Å²) >= 11 is 0. The Morgan fingerprint density at radius 2 is 1.96 bits per heavy atom. The van der Waals surface area contributed by atoms with Gasteiger partial charge in [-0.1, -0.05) is 48.6 Å². The van der Waals surface area contributed by atoms with E-state index in [0.717, 1.165) is 5.56 Å². The molecule has 0 aliphatic heterocycles. The van der Waals surface area contributed by atoms with Gasteiger partial charge in [-0.15, -0.1) is 0 Å². The van der Waals surface area contributed by atoms with E-state index in [-0.39, 0.29) is 12.4 Å². The minimum absolute atomic E-state index is 0.230. The Hall–Kier alpha value is -2.82. The number of nitrogen functional groups attached to an aromatic ring is 1. The molecule has 0 saturated heterocycles. The summed E-state index contributed by atoms with van der Waals surface area (Å²) in [6.45, 7) is 0.632. The predicted octanol–water partition coefficient (Wildman–Crippen LogP) is 3.74. The Labute approximate surface area is 134 Å². The standard InChI is InChI=1S/C18H19FN2O2/c19-16-10-6-11-17(20)15(16)9-4-5-12-21-18(22)23-13-14-7-2-1-3-8-14/h1-4,6-11H,5,12-13,20H2,(H,21,22). The zero-order chi connectivity index (χ0) is 16.5. The molecule has 0 spiro atoms. The number of rotatable bonds is 6. The van der Waals surface area contributed by atoms with Crippen molar-refractivity contribution >= 4 is 17.9 Å². The van der Waals surface area contributed by atoms with Crippen molar-refractivity contribution in [3.8, 4) is 0 Å². The molecule has 5 heteroatoms. The quantitative estimate of drug-likeness (QED) is 0.630. The average Bonchev–Trinajstić information content (AvgIpc) is 2.56. The number of benzene rings is 2. The number of nitrogens with one attached hydrogen (secondary N) is 1. The van der Waals surface area contributed by atoms with Crippen LogP contribution in [-0.4, -0.2) is 12.6 Å². The Balaban J connectivity index is 1.69. The summed E-state index contributed by atoms with van der Waals surface area (Å²) in [7, 11) is 0. The molecule has 0 aliphatic rings. The van der Waals surface area contributed by atoms with Crippen LogP contribution in [0.25, 0.3) is 6.08 Å². The van der Waals surface area contributed by atoms with Gasteiger partial charge in [0.2, 0.25) is 0 Å². The number of anilines is 1. The van der Waals surface area contributed by atoms with Crippen LogP contribution < -0.4 is 11.1 Å². The summed E-state index contributed by atoms with van der Waals surface area (Å²) < 4.78 is 18.6. The smallest absolute Gasteiger partial charge is 0.407 e. The van der Waals surface area contributed by atoms with Gasteiger partial charge in [-0.3, -0.25) is 0 Å². The number of alkyl carbamates (subject to hydrolysis) is 1. The van der Waals surface area contributed by atoms with Crippen LogP contribution in [0.2, 0.25) is 0 Å². The first-order valence-corrected chi connectivity index (χ1v) is 7.32. The van der Waals surface area contributed by atoms with Gasteiger partial charge in [-0.05, 0) is 24.1 Å². The van der Waals surface area contributed by atoms with Gasteiger partial charge in [0.15, 0.2) is 0 Å². The molecule has 4 nitrogen and oxygen atoms in total. The van der Waals surface area contributed by atoms with Crippen molar-refractivity contribution < 1.29 is 13.9 Å². The molecule has 0 aromatic heterocycles. The SMILES string of the molecule is Nc1cccc(F)c1C=CCCNC(=O)OCc1ccccc1. The van der Waals surface area contributed by atoms with E-state index in [4.69, 9.17) is 10.5 Å². The highest BCUT2D eigenvalue weighted by molar-refractivity contribution is 5.67. The molecule has 0 unspecified atom stereocenters. The Bertz CT molecular complexity index is 652. The summed E-state index contributed by atoms with van der Waals surface area (Å²) in [6, 6.07) is 14.0.